The van der Waals surface area contributed by atoms with Gasteiger partial charge in [0.1, 0.15) is 29.0 Å². The van der Waals surface area contributed by atoms with Crippen LogP contribution < -0.4 is 10.6 Å². The zero-order chi connectivity index (χ0) is 21.4. The van der Waals surface area contributed by atoms with Crippen LogP contribution in [-0.4, -0.2) is 40.5 Å². The van der Waals surface area contributed by atoms with Crippen LogP contribution in [0.1, 0.15) is 5.82 Å². The summed E-state index contributed by atoms with van der Waals surface area (Å²) in [5, 5.41) is 0.0390. The predicted octanol–water partition coefficient (Wildman–Crippen LogP) is 3.55. The largest absolute Gasteiger partial charge is 0.332 e. The number of nitrogens with zero attached hydrogens (tertiary/aromatic N) is 4. The summed E-state index contributed by atoms with van der Waals surface area (Å²) >= 11 is 5.83. The number of amides is 1. The van der Waals surface area contributed by atoms with Crippen molar-refractivity contribution in [1.29, 1.82) is 0 Å². The predicted molar refractivity (Wildman–Crippen MR) is 112 cm³/mol. The zero-order valence-electron chi connectivity index (χ0n) is 16.3. The van der Waals surface area contributed by atoms with E-state index in [0.29, 0.717) is 42.4 Å². The molecule has 0 aliphatic carbocycles. The summed E-state index contributed by atoms with van der Waals surface area (Å²) in [5.74, 6) is 0.374. The van der Waals surface area contributed by atoms with Crippen molar-refractivity contribution in [2.24, 2.45) is 5.73 Å². The molecule has 4 rings (SSSR count). The quantitative estimate of drug-likeness (QED) is 0.686. The first-order valence-corrected chi connectivity index (χ1v) is 9.78. The van der Waals surface area contributed by atoms with E-state index >= 15 is 0 Å². The van der Waals surface area contributed by atoms with Crippen molar-refractivity contribution in [3.8, 4) is 11.3 Å². The number of hydrogen-bond acceptors (Lipinski definition) is 4. The van der Waals surface area contributed by atoms with Gasteiger partial charge in [0.15, 0.2) is 0 Å². The number of imidazole rings is 1. The van der Waals surface area contributed by atoms with Gasteiger partial charge in [-0.05, 0) is 42.5 Å². The number of hydrogen-bond donors (Lipinski definition) is 1. The summed E-state index contributed by atoms with van der Waals surface area (Å²) in [6.07, 6.45) is 0. The highest BCUT2D eigenvalue weighted by atomic mass is 35.5. The van der Waals surface area contributed by atoms with Gasteiger partial charge in [0.05, 0.1) is 18.1 Å². The normalized spacial score (nSPS) is 13.3. The van der Waals surface area contributed by atoms with E-state index in [-0.39, 0.29) is 23.3 Å². The molecule has 0 saturated heterocycles. The topological polar surface area (TPSA) is 67.4 Å². The molecule has 1 aromatic heterocycles. The highest BCUT2D eigenvalue weighted by Gasteiger charge is 2.28. The van der Waals surface area contributed by atoms with E-state index in [4.69, 9.17) is 22.3 Å². The van der Waals surface area contributed by atoms with Crippen LogP contribution in [0.5, 0.6) is 0 Å². The van der Waals surface area contributed by atoms with Crippen LogP contribution >= 0.6 is 11.6 Å². The van der Waals surface area contributed by atoms with Gasteiger partial charge in [-0.25, -0.2) is 13.8 Å². The number of rotatable bonds is 4. The Labute approximate surface area is 177 Å². The number of carbonyl (C=O) groups is 1. The zero-order valence-corrected chi connectivity index (χ0v) is 17.0. The van der Waals surface area contributed by atoms with E-state index in [0.717, 1.165) is 5.82 Å². The van der Waals surface area contributed by atoms with Crippen molar-refractivity contribution in [1.82, 2.24) is 14.5 Å². The Morgan fingerprint density at radius 1 is 1.20 bits per heavy atom. The van der Waals surface area contributed by atoms with Crippen LogP contribution in [-0.2, 0) is 17.9 Å². The average Bonchev–Trinajstić information content (AvgIpc) is 3.13. The van der Waals surface area contributed by atoms with Crippen molar-refractivity contribution in [3.05, 3.63) is 64.9 Å². The molecule has 1 aliphatic heterocycles. The first-order valence-electron chi connectivity index (χ1n) is 9.41. The summed E-state index contributed by atoms with van der Waals surface area (Å²) in [6.45, 7) is 1.23. The van der Waals surface area contributed by atoms with Crippen LogP contribution in [0.4, 0.5) is 20.3 Å². The lowest BCUT2D eigenvalue weighted by Gasteiger charge is -2.30. The Morgan fingerprint density at radius 2 is 1.93 bits per heavy atom. The molecule has 0 radical (unpaired) electrons. The van der Waals surface area contributed by atoms with E-state index in [2.05, 4.69) is 0 Å². The molecule has 2 N–H and O–H groups in total. The molecule has 3 aromatic rings. The minimum absolute atomic E-state index is 0.0390. The molecule has 6 nitrogen and oxygen atoms in total. The monoisotopic (exact) mass is 431 g/mol. The van der Waals surface area contributed by atoms with Crippen molar-refractivity contribution in [3.63, 3.8) is 0 Å². The molecular weight excluding hydrogens is 412 g/mol. The maximum absolute atomic E-state index is 14.1. The minimum Gasteiger partial charge on any atom is -0.332 e. The third-order valence-corrected chi connectivity index (χ3v) is 5.51. The number of aromatic nitrogens is 2. The number of fused-ring (bicyclic) bond motifs is 1. The summed E-state index contributed by atoms with van der Waals surface area (Å²) in [5.41, 5.74) is 7.42. The van der Waals surface area contributed by atoms with Gasteiger partial charge in [0.2, 0.25) is 5.91 Å². The molecule has 0 saturated carbocycles. The third-order valence-electron chi connectivity index (χ3n) is 5.20. The van der Waals surface area contributed by atoms with Gasteiger partial charge in [-0.2, -0.15) is 0 Å². The molecule has 1 amide bonds. The molecule has 156 valence electrons. The molecule has 2 aromatic carbocycles. The summed E-state index contributed by atoms with van der Waals surface area (Å²) < 4.78 is 29.5. The molecule has 1 aliphatic rings. The van der Waals surface area contributed by atoms with Gasteiger partial charge in [-0.3, -0.25) is 4.79 Å². The molecule has 0 atom stereocenters. The summed E-state index contributed by atoms with van der Waals surface area (Å²) in [7, 11) is 1.80. The maximum atomic E-state index is 14.1. The molecule has 30 heavy (non-hydrogen) atoms. The Morgan fingerprint density at radius 3 is 2.60 bits per heavy atom. The Hall–Kier alpha value is -2.97. The van der Waals surface area contributed by atoms with Crippen LogP contribution in [0.2, 0.25) is 5.02 Å². The lowest BCUT2D eigenvalue weighted by Crippen LogP contribution is -2.41. The molecule has 9 heteroatoms. The van der Waals surface area contributed by atoms with Gasteiger partial charge >= 0.3 is 0 Å². The van der Waals surface area contributed by atoms with Crippen LogP contribution in [0, 0.1) is 11.6 Å². The van der Waals surface area contributed by atoms with E-state index in [9.17, 15) is 13.6 Å². The number of carbonyl (C=O) groups excluding carboxylic acids is 1. The fourth-order valence-corrected chi connectivity index (χ4v) is 3.73. The van der Waals surface area contributed by atoms with Crippen LogP contribution in [0.3, 0.4) is 0 Å². The Balaban J connectivity index is 1.83. The third kappa shape index (κ3) is 3.64. The number of halogens is 3. The minimum atomic E-state index is -0.526. The van der Waals surface area contributed by atoms with Crippen molar-refractivity contribution < 1.29 is 13.6 Å². The van der Waals surface area contributed by atoms with E-state index in [1.165, 1.54) is 24.3 Å². The Kier molecular flexibility index (Phi) is 5.44. The molecule has 0 spiro atoms. The molecular formula is C21H20ClF2N5O. The standard InChI is InChI=1S/C21H20ClF2N5O/c1-27(15-6-7-16(22)17(24)10-15)21-20(13-2-4-14(23)5-3-13)26-18-12-28(19(30)11-25)8-9-29(18)21/h2-7,10H,8-9,11-12,25H2,1H3. The number of nitrogens with two attached hydrogens (primary N) is 1. The van der Waals surface area contributed by atoms with Crippen molar-refractivity contribution in [2.45, 2.75) is 13.1 Å². The lowest BCUT2D eigenvalue weighted by atomic mass is 10.1. The van der Waals surface area contributed by atoms with Gasteiger partial charge in [0.25, 0.3) is 0 Å². The molecule has 0 fully saturated rings. The molecule has 0 bridgehead atoms. The SMILES string of the molecule is CN(c1ccc(Cl)c(F)c1)c1c(-c2ccc(F)cc2)nc2n1CCN(C(=O)CN)C2. The van der Waals surface area contributed by atoms with E-state index in [1.54, 1.807) is 30.1 Å². The summed E-state index contributed by atoms with van der Waals surface area (Å²) in [4.78, 5) is 20.3. The number of benzene rings is 2. The Bertz CT molecular complexity index is 1100. The first kappa shape index (κ1) is 20.3. The maximum Gasteiger partial charge on any atom is 0.236 e. The molecule has 0 unspecified atom stereocenters. The van der Waals surface area contributed by atoms with Gasteiger partial charge in [-0.1, -0.05) is 11.6 Å². The van der Waals surface area contributed by atoms with Crippen LogP contribution in [0.25, 0.3) is 11.3 Å². The lowest BCUT2D eigenvalue weighted by molar-refractivity contribution is -0.131. The second-order valence-corrected chi connectivity index (χ2v) is 7.44. The number of anilines is 2. The van der Waals surface area contributed by atoms with Gasteiger partial charge in [-0.15, -0.1) is 0 Å². The fraction of sp³-hybridized carbons (Fsp3) is 0.238. The van der Waals surface area contributed by atoms with Gasteiger partial charge in [0, 0.05) is 31.4 Å². The second kappa shape index (κ2) is 8.04. The fourth-order valence-electron chi connectivity index (χ4n) is 3.61. The van der Waals surface area contributed by atoms with Gasteiger partial charge < -0.3 is 20.1 Å². The van der Waals surface area contributed by atoms with E-state index in [1.807, 2.05) is 9.47 Å². The summed E-state index contributed by atoms with van der Waals surface area (Å²) in [6, 6.07) is 10.6. The highest BCUT2D eigenvalue weighted by Crippen LogP contribution is 2.37. The van der Waals surface area contributed by atoms with Crippen molar-refractivity contribution in [2.75, 3.05) is 25.0 Å². The molecule has 2 heterocycles. The van der Waals surface area contributed by atoms with Crippen molar-refractivity contribution >= 4 is 29.0 Å². The smallest absolute Gasteiger partial charge is 0.236 e. The second-order valence-electron chi connectivity index (χ2n) is 7.04. The van der Waals surface area contributed by atoms with Crippen LogP contribution in [0.15, 0.2) is 42.5 Å². The first-order chi connectivity index (χ1) is 14.4. The van der Waals surface area contributed by atoms with E-state index < -0.39 is 5.82 Å². The highest BCUT2D eigenvalue weighted by molar-refractivity contribution is 6.30. The average molecular weight is 432 g/mol.